The maximum atomic E-state index is 12.1. The molecule has 0 bridgehead atoms. The van der Waals surface area contributed by atoms with Gasteiger partial charge >= 0.3 is 0 Å². The van der Waals surface area contributed by atoms with Crippen molar-refractivity contribution >= 4 is 5.78 Å². The second kappa shape index (κ2) is 12.2. The smallest absolute Gasteiger partial charge is 0.139 e. The van der Waals surface area contributed by atoms with Crippen molar-refractivity contribution in [2.24, 2.45) is 5.92 Å². The zero-order valence-corrected chi connectivity index (χ0v) is 14.2. The van der Waals surface area contributed by atoms with Crippen LogP contribution in [0.4, 0.5) is 0 Å². The minimum atomic E-state index is 0.0913. The molecule has 3 heteroatoms. The number of carbonyl (C=O) groups is 1. The van der Waals surface area contributed by atoms with Crippen LogP contribution < -0.4 is 5.32 Å². The third kappa shape index (κ3) is 7.96. The van der Waals surface area contributed by atoms with Gasteiger partial charge in [-0.25, -0.2) is 0 Å². The van der Waals surface area contributed by atoms with E-state index in [9.17, 15) is 4.79 Å². The first kappa shape index (κ1) is 18.6. The van der Waals surface area contributed by atoms with Crippen LogP contribution in [0, 0.1) is 5.92 Å². The highest BCUT2D eigenvalue weighted by Gasteiger charge is 2.31. The van der Waals surface area contributed by atoms with Gasteiger partial charge in [0.15, 0.2) is 0 Å². The zero-order chi connectivity index (χ0) is 15.3. The number of nitrogens with one attached hydrogen (secondary N) is 1. The van der Waals surface area contributed by atoms with Gasteiger partial charge in [-0.1, -0.05) is 64.7 Å². The lowest BCUT2D eigenvalue weighted by Gasteiger charge is -2.15. The average molecular weight is 297 g/mol. The first-order chi connectivity index (χ1) is 10.3. The Balaban J connectivity index is 1.91. The minimum Gasteiger partial charge on any atom is -0.379 e. The zero-order valence-electron chi connectivity index (χ0n) is 14.2. The molecule has 1 saturated heterocycles. The molecule has 2 atom stereocenters. The van der Waals surface area contributed by atoms with Gasteiger partial charge in [0, 0.05) is 12.5 Å². The monoisotopic (exact) mass is 297 g/mol. The summed E-state index contributed by atoms with van der Waals surface area (Å²) >= 11 is 0. The van der Waals surface area contributed by atoms with Crippen LogP contribution >= 0.6 is 0 Å². The molecule has 1 fully saturated rings. The van der Waals surface area contributed by atoms with Crippen LogP contribution in [0.5, 0.6) is 0 Å². The van der Waals surface area contributed by atoms with E-state index in [0.717, 1.165) is 12.8 Å². The molecule has 0 radical (unpaired) electrons. The van der Waals surface area contributed by atoms with E-state index in [0.29, 0.717) is 19.0 Å². The summed E-state index contributed by atoms with van der Waals surface area (Å²) < 4.78 is 5.40. The topological polar surface area (TPSA) is 38.3 Å². The van der Waals surface area contributed by atoms with Gasteiger partial charge in [0.1, 0.15) is 5.78 Å². The predicted octanol–water partition coefficient (Wildman–Crippen LogP) is 4.10. The van der Waals surface area contributed by atoms with E-state index in [2.05, 4.69) is 12.2 Å². The van der Waals surface area contributed by atoms with Gasteiger partial charge in [0.25, 0.3) is 0 Å². The largest absolute Gasteiger partial charge is 0.379 e. The number of rotatable bonds is 13. The lowest BCUT2D eigenvalue weighted by Crippen LogP contribution is -2.36. The molecule has 2 unspecified atom stereocenters. The van der Waals surface area contributed by atoms with Gasteiger partial charge in [-0.2, -0.15) is 0 Å². The Hall–Kier alpha value is -0.410. The average Bonchev–Trinajstić information content (AvgIpc) is 2.97. The summed E-state index contributed by atoms with van der Waals surface area (Å²) in [7, 11) is 1.92. The number of carbonyl (C=O) groups excluding carboxylic acids is 1. The number of hydrogen-bond donors (Lipinski definition) is 1. The maximum Gasteiger partial charge on any atom is 0.139 e. The van der Waals surface area contributed by atoms with Crippen LogP contribution in [0.15, 0.2) is 0 Å². The molecule has 1 aliphatic heterocycles. The van der Waals surface area contributed by atoms with Gasteiger partial charge in [-0.05, 0) is 13.5 Å². The van der Waals surface area contributed by atoms with Crippen LogP contribution in [0.1, 0.15) is 77.6 Å². The highest BCUT2D eigenvalue weighted by molar-refractivity contribution is 5.82. The Bertz CT molecular complexity index is 268. The molecule has 0 aromatic heterocycles. The third-order valence-electron chi connectivity index (χ3n) is 4.64. The molecule has 0 aromatic rings. The SMILES string of the molecule is CCCCCCCCCCCCC(=O)C1COCC1NC. The first-order valence-electron chi connectivity index (χ1n) is 9.07. The van der Waals surface area contributed by atoms with E-state index in [1.54, 1.807) is 0 Å². The fourth-order valence-corrected chi connectivity index (χ4v) is 3.13. The number of unbranched alkanes of at least 4 members (excludes halogenated alkanes) is 9. The summed E-state index contributed by atoms with van der Waals surface area (Å²) in [6.07, 6.45) is 13.9. The quantitative estimate of drug-likeness (QED) is 0.520. The molecule has 1 rings (SSSR count). The van der Waals surface area contributed by atoms with E-state index in [4.69, 9.17) is 4.74 Å². The summed E-state index contributed by atoms with van der Waals surface area (Å²) in [6, 6.07) is 0.237. The van der Waals surface area contributed by atoms with Crippen LogP contribution in [0.25, 0.3) is 0 Å². The number of likely N-dealkylation sites (N-methyl/N-ethyl adjacent to an activating group) is 1. The number of ether oxygens (including phenoxy) is 1. The van der Waals surface area contributed by atoms with Crippen LogP contribution in [-0.4, -0.2) is 32.1 Å². The molecule has 1 N–H and O–H groups in total. The highest BCUT2D eigenvalue weighted by Crippen LogP contribution is 2.18. The Morgan fingerprint density at radius 1 is 0.952 bits per heavy atom. The van der Waals surface area contributed by atoms with Crippen molar-refractivity contribution in [3.63, 3.8) is 0 Å². The van der Waals surface area contributed by atoms with Crippen molar-refractivity contribution in [1.29, 1.82) is 0 Å². The van der Waals surface area contributed by atoms with E-state index in [-0.39, 0.29) is 12.0 Å². The van der Waals surface area contributed by atoms with Crippen molar-refractivity contribution in [2.75, 3.05) is 20.3 Å². The van der Waals surface area contributed by atoms with E-state index in [1.807, 2.05) is 7.05 Å². The summed E-state index contributed by atoms with van der Waals surface area (Å²) in [5, 5.41) is 3.19. The molecule has 0 aromatic carbocycles. The van der Waals surface area contributed by atoms with Gasteiger partial charge in [-0.15, -0.1) is 0 Å². The highest BCUT2D eigenvalue weighted by atomic mass is 16.5. The van der Waals surface area contributed by atoms with Crippen LogP contribution in [-0.2, 0) is 9.53 Å². The summed E-state index contributed by atoms with van der Waals surface area (Å²) in [5.74, 6) is 0.486. The Morgan fingerprint density at radius 3 is 2.10 bits per heavy atom. The Morgan fingerprint density at radius 2 is 1.52 bits per heavy atom. The molecule has 0 spiro atoms. The first-order valence-corrected chi connectivity index (χ1v) is 9.07. The van der Waals surface area contributed by atoms with Crippen LogP contribution in [0.3, 0.4) is 0 Å². The molecule has 21 heavy (non-hydrogen) atoms. The summed E-state index contributed by atoms with van der Waals surface area (Å²) in [6.45, 7) is 3.56. The van der Waals surface area contributed by atoms with Gasteiger partial charge in [0.05, 0.1) is 19.1 Å². The number of hydrogen-bond acceptors (Lipinski definition) is 3. The second-order valence-electron chi connectivity index (χ2n) is 6.44. The predicted molar refractivity (Wildman–Crippen MR) is 88.6 cm³/mol. The van der Waals surface area contributed by atoms with Crippen molar-refractivity contribution in [3.8, 4) is 0 Å². The molecule has 3 nitrogen and oxygen atoms in total. The fraction of sp³-hybridized carbons (Fsp3) is 0.944. The maximum absolute atomic E-state index is 12.1. The molecule has 0 aliphatic carbocycles. The standard InChI is InChI=1S/C18H35NO2/c1-3-4-5-6-7-8-9-10-11-12-13-18(20)16-14-21-15-17(16)19-2/h16-17,19H,3-15H2,1-2H3. The van der Waals surface area contributed by atoms with Crippen molar-refractivity contribution in [3.05, 3.63) is 0 Å². The van der Waals surface area contributed by atoms with Gasteiger partial charge in [0.2, 0.25) is 0 Å². The van der Waals surface area contributed by atoms with Crippen LogP contribution in [0.2, 0.25) is 0 Å². The summed E-state index contributed by atoms with van der Waals surface area (Å²) in [5.41, 5.74) is 0. The molecule has 1 heterocycles. The van der Waals surface area contributed by atoms with Crippen molar-refractivity contribution in [1.82, 2.24) is 5.32 Å². The lowest BCUT2D eigenvalue weighted by atomic mass is 9.94. The van der Waals surface area contributed by atoms with Gasteiger partial charge in [-0.3, -0.25) is 4.79 Å². The molecular weight excluding hydrogens is 262 g/mol. The fourth-order valence-electron chi connectivity index (χ4n) is 3.13. The molecule has 1 aliphatic rings. The van der Waals surface area contributed by atoms with E-state index >= 15 is 0 Å². The number of Topliss-reactive ketones (excluding diaryl/α,β-unsaturated/α-hetero) is 1. The van der Waals surface area contributed by atoms with E-state index < -0.39 is 0 Å². The minimum absolute atomic E-state index is 0.0913. The summed E-state index contributed by atoms with van der Waals surface area (Å²) in [4.78, 5) is 12.1. The Labute approximate surface area is 131 Å². The molecule has 0 amide bonds. The van der Waals surface area contributed by atoms with E-state index in [1.165, 1.54) is 57.8 Å². The van der Waals surface area contributed by atoms with Crippen molar-refractivity contribution < 1.29 is 9.53 Å². The second-order valence-corrected chi connectivity index (χ2v) is 6.44. The molecular formula is C18H35NO2. The lowest BCUT2D eigenvalue weighted by molar-refractivity contribution is -0.123. The van der Waals surface area contributed by atoms with Crippen molar-refractivity contribution in [2.45, 2.75) is 83.6 Å². The molecule has 0 saturated carbocycles. The normalized spacial score (nSPS) is 21.8. The third-order valence-corrected chi connectivity index (χ3v) is 4.64. The van der Waals surface area contributed by atoms with Gasteiger partial charge < -0.3 is 10.1 Å². The Kier molecular flexibility index (Phi) is 10.8. The number of ketones is 1. The molecule has 124 valence electrons.